The maximum atomic E-state index is 12.0. The molecule has 32 nitrogen and oxygen atoms in total. The van der Waals surface area contributed by atoms with Crippen LogP contribution < -0.4 is 66.8 Å². The zero-order chi connectivity index (χ0) is 75.1. The van der Waals surface area contributed by atoms with Crippen LogP contribution in [0.1, 0.15) is 62.8 Å². The molecule has 4 aromatic carbocycles. The molecule has 9 N–H and O–H groups in total. The lowest BCUT2D eigenvalue weighted by Crippen LogP contribution is -2.47. The van der Waals surface area contributed by atoms with E-state index in [-0.39, 0.29) is 95.4 Å². The van der Waals surface area contributed by atoms with E-state index in [9.17, 15) is 76.7 Å². The largest absolute Gasteiger partial charge is 0.418 e. The van der Waals surface area contributed by atoms with Gasteiger partial charge in [-0.3, -0.25) is 57.5 Å². The van der Waals surface area contributed by atoms with Crippen molar-refractivity contribution in [2.75, 3.05) is 93.6 Å². The van der Waals surface area contributed by atoms with Crippen LogP contribution in [-0.4, -0.2) is 203 Å². The molecular formula is C64H86N12O20S4. The van der Waals surface area contributed by atoms with Gasteiger partial charge in [-0.1, -0.05) is 7.43 Å². The number of anilines is 4. The number of thioether (sulfide) groups is 4. The zero-order valence-corrected chi connectivity index (χ0v) is 60.3. The second-order valence-electron chi connectivity index (χ2n) is 20.8. The number of ether oxygens (including phenoxy) is 4. The van der Waals surface area contributed by atoms with Crippen molar-refractivity contribution in [2.45, 2.75) is 87.0 Å². The highest BCUT2D eigenvalue weighted by molar-refractivity contribution is 8.14. The molecule has 0 heterocycles. The van der Waals surface area contributed by atoms with E-state index in [1.165, 1.54) is 89.3 Å². The van der Waals surface area contributed by atoms with Crippen molar-refractivity contribution in [3.05, 3.63) is 97.1 Å². The summed E-state index contributed by atoms with van der Waals surface area (Å²) in [5.74, 6) is -2.14. The fourth-order valence-corrected chi connectivity index (χ4v) is 9.89. The van der Waals surface area contributed by atoms with Gasteiger partial charge < -0.3 is 81.5 Å². The number of carbonyl (C=O) groups is 16. The van der Waals surface area contributed by atoms with Gasteiger partial charge in [-0.2, -0.15) is 0 Å². The van der Waals surface area contributed by atoms with Crippen LogP contribution in [0.3, 0.4) is 0 Å². The third kappa shape index (κ3) is 40.5. The first-order chi connectivity index (χ1) is 46.4. The molecule has 36 heteroatoms. The summed E-state index contributed by atoms with van der Waals surface area (Å²) in [6, 6.07) is 21.9. The average molecular weight is 1470 g/mol. The quantitative estimate of drug-likeness (QED) is 0.0354. The Morgan fingerprint density at radius 1 is 0.310 bits per heavy atom. The van der Waals surface area contributed by atoms with Gasteiger partial charge in [0.2, 0.25) is 70.9 Å². The summed E-state index contributed by atoms with van der Waals surface area (Å²) in [7, 11) is 10.8. The van der Waals surface area contributed by atoms with Gasteiger partial charge in [0, 0.05) is 150 Å². The van der Waals surface area contributed by atoms with Crippen LogP contribution in [0, 0.1) is 0 Å². The summed E-state index contributed by atoms with van der Waals surface area (Å²) >= 11 is 3.14. The second-order valence-corrected chi connectivity index (χ2v) is 24.6. The van der Waals surface area contributed by atoms with Gasteiger partial charge in [0.1, 0.15) is 47.2 Å². The van der Waals surface area contributed by atoms with Gasteiger partial charge in [0.25, 0.3) is 0 Å². The Kier molecular flexibility index (Phi) is 42.8. The third-order valence-corrected chi connectivity index (χ3v) is 14.5. The van der Waals surface area contributed by atoms with Crippen LogP contribution >= 0.6 is 47.0 Å². The second kappa shape index (κ2) is 47.7. The Morgan fingerprint density at radius 3 is 0.650 bits per heavy atom. The van der Waals surface area contributed by atoms with E-state index in [0.29, 0.717) is 45.7 Å². The van der Waals surface area contributed by atoms with E-state index in [1.54, 1.807) is 127 Å². The van der Waals surface area contributed by atoms with Crippen molar-refractivity contribution >= 4 is 162 Å². The number of rotatable bonds is 24. The Labute approximate surface area is 596 Å². The van der Waals surface area contributed by atoms with Gasteiger partial charge in [-0.15, -0.1) is 0 Å². The lowest BCUT2D eigenvalue weighted by atomic mass is 10.3. The van der Waals surface area contributed by atoms with E-state index in [2.05, 4.69) is 47.9 Å². The Hall–Kier alpha value is -10.2. The van der Waals surface area contributed by atoms with Crippen molar-refractivity contribution in [1.29, 1.82) is 0 Å². The molecule has 0 fully saturated rings. The van der Waals surface area contributed by atoms with Gasteiger partial charge >= 0.3 is 21.2 Å². The minimum absolute atomic E-state index is 0. The first kappa shape index (κ1) is 89.8. The van der Waals surface area contributed by atoms with Crippen molar-refractivity contribution < 1.29 is 95.7 Å². The number of nitrogens with one attached hydrogen (secondary N) is 9. The number of amides is 12. The highest BCUT2D eigenvalue weighted by Gasteiger charge is 2.27. The van der Waals surface area contributed by atoms with Crippen LogP contribution in [0.25, 0.3) is 0 Å². The highest BCUT2D eigenvalue weighted by Crippen LogP contribution is 2.23. The van der Waals surface area contributed by atoms with Crippen LogP contribution in [0.4, 0.5) is 41.9 Å². The normalized spacial score (nSPS) is 11.1. The summed E-state index contributed by atoms with van der Waals surface area (Å²) in [6.45, 7) is 10.8. The molecule has 0 radical (unpaired) electrons. The molecule has 4 aromatic rings. The topological polar surface area (TPSA) is 428 Å². The number of carbonyl (C=O) groups excluding carboxylic acids is 16. The summed E-state index contributed by atoms with van der Waals surface area (Å²) < 4.78 is 20.5. The predicted molar refractivity (Wildman–Crippen MR) is 384 cm³/mol. The standard InChI is InChI=1S/3C16H21N3O5S.C15H19N3O5S.CH4/c3*1-10(20)17-12-5-7-13(8-6-12)24-16(23)25-9-14(18-11(2)21)15(22)19(3)4;1-9(19)17-11-4-6-12(7-5-11)23-15(22)24-8-13(14(21)16-3)18-10(2)20;/h3*5-8,14H,9H2,1-4H3,(H,17,20)(H,18,21);4-7,13H,8H2,1-3H3,(H,16,21)(H,17,19)(H,18,20);1H4/t2*14-;;13-;/m10.0./s1. The summed E-state index contributed by atoms with van der Waals surface area (Å²) in [5.41, 5.74) is 2.34. The van der Waals surface area contributed by atoms with E-state index < -0.39 is 51.3 Å². The molecule has 1 unspecified atom stereocenters. The van der Waals surface area contributed by atoms with Gasteiger partial charge in [0.05, 0.1) is 0 Å². The van der Waals surface area contributed by atoms with E-state index in [4.69, 9.17) is 18.9 Å². The Morgan fingerprint density at radius 2 is 0.490 bits per heavy atom. The molecule has 4 atom stereocenters. The molecule has 0 saturated heterocycles. The Bertz CT molecular complexity index is 3190. The smallest absolute Gasteiger partial charge is 0.372 e. The average Bonchev–Trinajstić information content (AvgIpc) is 0.921. The minimum Gasteiger partial charge on any atom is -0.418 e. The van der Waals surface area contributed by atoms with Gasteiger partial charge in [0.15, 0.2) is 0 Å². The van der Waals surface area contributed by atoms with Gasteiger partial charge in [-0.05, 0) is 144 Å². The highest BCUT2D eigenvalue weighted by atomic mass is 32.2. The number of hydrogen-bond acceptors (Lipinski definition) is 24. The molecule has 12 amide bonds. The number of likely N-dealkylation sites (N-methyl/N-ethyl adjacent to an activating group) is 4. The zero-order valence-electron chi connectivity index (χ0n) is 57.0. The monoisotopic (exact) mass is 1470 g/mol. The minimum atomic E-state index is -0.827. The molecule has 0 bridgehead atoms. The van der Waals surface area contributed by atoms with Crippen LogP contribution in [0.5, 0.6) is 23.0 Å². The van der Waals surface area contributed by atoms with Crippen LogP contribution in [-0.2, 0) is 57.5 Å². The fraction of sp³-hybridized carbons (Fsp3) is 0.375. The summed E-state index contributed by atoms with van der Waals surface area (Å²) in [4.78, 5) is 187. The molecule has 0 aliphatic carbocycles. The van der Waals surface area contributed by atoms with Crippen LogP contribution in [0.15, 0.2) is 97.1 Å². The third-order valence-electron chi connectivity index (χ3n) is 11.3. The van der Waals surface area contributed by atoms with Crippen molar-refractivity contribution in [1.82, 2.24) is 41.3 Å². The number of benzene rings is 4. The lowest BCUT2D eigenvalue weighted by molar-refractivity contribution is -0.133. The Balaban J connectivity index is 0.00000130. The molecule has 0 aliphatic rings. The molecule has 0 aliphatic heterocycles. The van der Waals surface area contributed by atoms with Crippen molar-refractivity contribution in [2.24, 2.45) is 0 Å². The fourth-order valence-electron chi connectivity index (χ4n) is 7.14. The van der Waals surface area contributed by atoms with Crippen LogP contribution in [0.2, 0.25) is 0 Å². The van der Waals surface area contributed by atoms with E-state index in [0.717, 1.165) is 47.0 Å². The first-order valence-corrected chi connectivity index (χ1v) is 33.1. The van der Waals surface area contributed by atoms with E-state index in [1.807, 2.05) is 0 Å². The van der Waals surface area contributed by atoms with Crippen molar-refractivity contribution in [3.8, 4) is 23.0 Å². The number of nitrogens with zero attached hydrogens (tertiary/aromatic N) is 3. The molecule has 0 aromatic heterocycles. The first-order valence-electron chi connectivity index (χ1n) is 29.2. The number of hydrogen-bond donors (Lipinski definition) is 9. The molecule has 0 spiro atoms. The summed E-state index contributed by atoms with van der Waals surface area (Å²) in [5, 5.41) is 20.4. The van der Waals surface area contributed by atoms with E-state index >= 15 is 0 Å². The maximum Gasteiger partial charge on any atom is 0.372 e. The molecular weight excluding hydrogens is 1390 g/mol. The molecule has 100 heavy (non-hydrogen) atoms. The molecule has 4 rings (SSSR count). The SMILES string of the molecule is C.CC(=O)Nc1ccc(OC(=O)SCC(NC(C)=O)C(=O)N(C)C)cc1.CC(=O)Nc1ccc(OC(=O)SC[C@@H](NC(C)=O)C(=O)N(C)C)cc1.CC(=O)Nc1ccc(OC(=O)SC[C@H](NC(C)=O)C(=O)N(C)C)cc1.CNC(=O)[C@H](CSC(=O)Oc1ccc(NC(C)=O)cc1)NC(C)=O. The predicted octanol–water partition coefficient (Wildman–Crippen LogP) is 6.17. The van der Waals surface area contributed by atoms with Crippen molar-refractivity contribution in [3.63, 3.8) is 0 Å². The lowest BCUT2D eigenvalue weighted by Gasteiger charge is -2.20. The molecule has 546 valence electrons. The maximum absolute atomic E-state index is 12.0. The van der Waals surface area contributed by atoms with Gasteiger partial charge in [-0.25, -0.2) is 19.2 Å². The molecule has 0 saturated carbocycles. The summed E-state index contributed by atoms with van der Waals surface area (Å²) in [6.07, 6.45) is 0.